The standard InChI is InChI=1S/C26H37NO3/c1-7-19(4)24-16-22(12-13-25(24)30-17-26(28)29)21-11-10-20(9-8-14-27(5)6)23(15-21)18(2)3/h10-13,15-16,18-19H,7-9,14,17H2,1-6H3,(H,28,29). The Bertz CT molecular complexity index is 842. The molecule has 164 valence electrons. The van der Waals surface area contributed by atoms with E-state index in [1.54, 1.807) is 0 Å². The zero-order valence-corrected chi connectivity index (χ0v) is 19.4. The van der Waals surface area contributed by atoms with Crippen molar-refractivity contribution in [2.75, 3.05) is 27.2 Å². The minimum absolute atomic E-state index is 0.295. The lowest BCUT2D eigenvalue weighted by Gasteiger charge is -2.19. The number of aliphatic carboxylic acids is 1. The molecule has 2 aromatic carbocycles. The van der Waals surface area contributed by atoms with Crippen molar-refractivity contribution in [1.82, 2.24) is 4.90 Å². The fraction of sp³-hybridized carbons (Fsp3) is 0.500. The zero-order chi connectivity index (χ0) is 22.3. The van der Waals surface area contributed by atoms with E-state index in [0.29, 0.717) is 17.6 Å². The van der Waals surface area contributed by atoms with Crippen LogP contribution in [0.25, 0.3) is 11.1 Å². The number of benzene rings is 2. The summed E-state index contributed by atoms with van der Waals surface area (Å²) in [6.07, 6.45) is 3.21. The minimum Gasteiger partial charge on any atom is -0.482 e. The van der Waals surface area contributed by atoms with Gasteiger partial charge in [-0.05, 0) is 91.7 Å². The molecule has 0 amide bonds. The molecule has 4 heteroatoms. The minimum atomic E-state index is -0.958. The number of carboxylic acid groups (broad SMARTS) is 1. The van der Waals surface area contributed by atoms with Crippen molar-refractivity contribution in [1.29, 1.82) is 0 Å². The summed E-state index contributed by atoms with van der Waals surface area (Å²) in [4.78, 5) is 13.2. The molecule has 0 aliphatic carbocycles. The smallest absolute Gasteiger partial charge is 0.341 e. The van der Waals surface area contributed by atoms with Crippen LogP contribution in [0, 0.1) is 0 Å². The first kappa shape index (κ1) is 23.9. The van der Waals surface area contributed by atoms with Gasteiger partial charge in [-0.3, -0.25) is 0 Å². The zero-order valence-electron chi connectivity index (χ0n) is 19.4. The SMILES string of the molecule is CCC(C)c1cc(-c2ccc(CCCN(C)C)c(C(C)C)c2)ccc1OCC(=O)O. The van der Waals surface area contributed by atoms with Crippen LogP contribution in [-0.4, -0.2) is 43.2 Å². The van der Waals surface area contributed by atoms with Crippen LogP contribution in [0.4, 0.5) is 0 Å². The van der Waals surface area contributed by atoms with Gasteiger partial charge in [0.2, 0.25) is 0 Å². The Morgan fingerprint density at radius 2 is 1.67 bits per heavy atom. The van der Waals surface area contributed by atoms with Crippen molar-refractivity contribution in [3.8, 4) is 16.9 Å². The van der Waals surface area contributed by atoms with Crippen LogP contribution < -0.4 is 4.74 Å². The summed E-state index contributed by atoms with van der Waals surface area (Å²) in [5.74, 6) is 0.468. The second-order valence-corrected chi connectivity index (χ2v) is 8.72. The van der Waals surface area contributed by atoms with Crippen LogP contribution in [-0.2, 0) is 11.2 Å². The molecule has 0 heterocycles. The highest BCUT2D eigenvalue weighted by Gasteiger charge is 2.15. The van der Waals surface area contributed by atoms with Crippen LogP contribution in [0.3, 0.4) is 0 Å². The van der Waals surface area contributed by atoms with Gasteiger partial charge in [0.15, 0.2) is 6.61 Å². The maximum Gasteiger partial charge on any atom is 0.341 e. The van der Waals surface area contributed by atoms with E-state index in [-0.39, 0.29) is 6.61 Å². The molecular formula is C26H37NO3. The van der Waals surface area contributed by atoms with Crippen molar-refractivity contribution >= 4 is 5.97 Å². The van der Waals surface area contributed by atoms with Crippen LogP contribution in [0.5, 0.6) is 5.75 Å². The van der Waals surface area contributed by atoms with Gasteiger partial charge < -0.3 is 14.7 Å². The lowest BCUT2D eigenvalue weighted by Crippen LogP contribution is -2.14. The molecule has 0 aromatic heterocycles. The quantitative estimate of drug-likeness (QED) is 0.496. The second kappa shape index (κ2) is 11.2. The van der Waals surface area contributed by atoms with E-state index >= 15 is 0 Å². The fourth-order valence-corrected chi connectivity index (χ4v) is 3.73. The van der Waals surface area contributed by atoms with Gasteiger partial charge in [-0.1, -0.05) is 52.0 Å². The third-order valence-electron chi connectivity index (χ3n) is 5.66. The van der Waals surface area contributed by atoms with Crippen LogP contribution in [0.15, 0.2) is 36.4 Å². The second-order valence-electron chi connectivity index (χ2n) is 8.72. The molecule has 1 N–H and O–H groups in total. The van der Waals surface area contributed by atoms with E-state index in [1.165, 1.54) is 16.7 Å². The van der Waals surface area contributed by atoms with Gasteiger partial charge in [-0.2, -0.15) is 0 Å². The summed E-state index contributed by atoms with van der Waals surface area (Å²) in [5, 5.41) is 8.97. The third-order valence-corrected chi connectivity index (χ3v) is 5.66. The summed E-state index contributed by atoms with van der Waals surface area (Å²) >= 11 is 0. The fourth-order valence-electron chi connectivity index (χ4n) is 3.73. The van der Waals surface area contributed by atoms with E-state index in [1.807, 2.05) is 12.1 Å². The Balaban J connectivity index is 2.37. The van der Waals surface area contributed by atoms with Crippen LogP contribution >= 0.6 is 0 Å². The number of carbonyl (C=O) groups is 1. The summed E-state index contributed by atoms with van der Waals surface area (Å²) in [7, 11) is 4.23. The topological polar surface area (TPSA) is 49.8 Å². The van der Waals surface area contributed by atoms with E-state index < -0.39 is 5.97 Å². The van der Waals surface area contributed by atoms with Gasteiger partial charge >= 0.3 is 5.97 Å². The van der Waals surface area contributed by atoms with E-state index in [2.05, 4.69) is 71.0 Å². The number of ether oxygens (including phenoxy) is 1. The van der Waals surface area contributed by atoms with Crippen molar-refractivity contribution < 1.29 is 14.6 Å². The Hall–Kier alpha value is -2.33. The van der Waals surface area contributed by atoms with Gasteiger partial charge in [-0.15, -0.1) is 0 Å². The lowest BCUT2D eigenvalue weighted by molar-refractivity contribution is -0.139. The molecule has 1 unspecified atom stereocenters. The number of hydrogen-bond donors (Lipinski definition) is 1. The molecule has 1 atom stereocenters. The average molecular weight is 412 g/mol. The molecule has 0 fully saturated rings. The average Bonchev–Trinajstić information content (AvgIpc) is 2.71. The van der Waals surface area contributed by atoms with E-state index in [0.717, 1.165) is 36.9 Å². The molecule has 0 aliphatic heterocycles. The summed E-state index contributed by atoms with van der Waals surface area (Å²) < 4.78 is 5.55. The Labute approximate surface area is 181 Å². The van der Waals surface area contributed by atoms with Gasteiger partial charge in [0.1, 0.15) is 5.75 Å². The van der Waals surface area contributed by atoms with Crippen molar-refractivity contribution in [3.05, 3.63) is 53.1 Å². The first-order chi connectivity index (χ1) is 14.2. The first-order valence-corrected chi connectivity index (χ1v) is 11.0. The molecule has 0 aliphatic rings. The van der Waals surface area contributed by atoms with Crippen LogP contribution in [0.2, 0.25) is 0 Å². The van der Waals surface area contributed by atoms with Gasteiger partial charge in [0.05, 0.1) is 0 Å². The monoisotopic (exact) mass is 411 g/mol. The predicted octanol–water partition coefficient (Wildman–Crippen LogP) is 5.95. The highest BCUT2D eigenvalue weighted by molar-refractivity contribution is 5.70. The molecule has 2 aromatic rings. The van der Waals surface area contributed by atoms with Crippen LogP contribution in [0.1, 0.15) is 69.1 Å². The van der Waals surface area contributed by atoms with E-state index in [4.69, 9.17) is 9.84 Å². The number of aryl methyl sites for hydroxylation is 1. The van der Waals surface area contributed by atoms with Crippen molar-refractivity contribution in [3.63, 3.8) is 0 Å². The number of rotatable bonds is 11. The Morgan fingerprint density at radius 3 is 2.23 bits per heavy atom. The van der Waals surface area contributed by atoms with Gasteiger partial charge in [0.25, 0.3) is 0 Å². The molecule has 0 saturated carbocycles. The van der Waals surface area contributed by atoms with Gasteiger partial charge in [0, 0.05) is 0 Å². The largest absolute Gasteiger partial charge is 0.482 e. The molecule has 0 radical (unpaired) electrons. The Morgan fingerprint density at radius 1 is 1.03 bits per heavy atom. The molecule has 0 saturated heterocycles. The highest BCUT2D eigenvalue weighted by atomic mass is 16.5. The lowest BCUT2D eigenvalue weighted by atomic mass is 9.89. The predicted molar refractivity (Wildman–Crippen MR) is 125 cm³/mol. The Kier molecular flexibility index (Phi) is 8.91. The van der Waals surface area contributed by atoms with Crippen molar-refractivity contribution in [2.24, 2.45) is 0 Å². The summed E-state index contributed by atoms with van der Waals surface area (Å²) in [5.41, 5.74) is 6.25. The van der Waals surface area contributed by atoms with Gasteiger partial charge in [-0.25, -0.2) is 4.79 Å². The maximum absolute atomic E-state index is 10.9. The number of nitrogens with zero attached hydrogens (tertiary/aromatic N) is 1. The molecule has 0 bridgehead atoms. The normalized spacial score (nSPS) is 12.4. The molecule has 30 heavy (non-hydrogen) atoms. The third kappa shape index (κ3) is 6.60. The highest BCUT2D eigenvalue weighted by Crippen LogP contribution is 2.35. The summed E-state index contributed by atoms with van der Waals surface area (Å²) in [6, 6.07) is 12.9. The maximum atomic E-state index is 10.9. The molecular weight excluding hydrogens is 374 g/mol. The molecule has 0 spiro atoms. The number of carboxylic acids is 1. The summed E-state index contributed by atoms with van der Waals surface area (Å²) in [6.45, 7) is 9.57. The first-order valence-electron chi connectivity index (χ1n) is 11.0. The van der Waals surface area contributed by atoms with E-state index in [9.17, 15) is 4.79 Å². The number of hydrogen-bond acceptors (Lipinski definition) is 3. The molecule has 2 rings (SSSR count). The van der Waals surface area contributed by atoms with Crippen molar-refractivity contribution in [2.45, 2.75) is 58.8 Å². The molecule has 4 nitrogen and oxygen atoms in total.